The molecule has 0 aliphatic rings. The maximum absolute atomic E-state index is 6.25. The number of ether oxygens (including phenoxy) is 1. The zero-order valence-corrected chi connectivity index (χ0v) is 13.1. The second-order valence-corrected chi connectivity index (χ2v) is 4.98. The highest BCUT2D eigenvalue weighted by atomic mass is 35.5. The van der Waals surface area contributed by atoms with Crippen LogP contribution in [-0.2, 0) is 0 Å². The Morgan fingerprint density at radius 2 is 2.00 bits per heavy atom. The van der Waals surface area contributed by atoms with Crippen LogP contribution in [0.5, 0.6) is 5.75 Å². The third-order valence-electron chi connectivity index (χ3n) is 3.45. The molecule has 1 aromatic rings. The van der Waals surface area contributed by atoms with Crippen LogP contribution in [0.2, 0.25) is 5.02 Å². The van der Waals surface area contributed by atoms with E-state index in [0.29, 0.717) is 17.7 Å². The molecule has 0 amide bonds. The fraction of sp³-hybridized carbons (Fsp3) is 0.600. The second-order valence-electron chi connectivity index (χ2n) is 4.58. The van der Waals surface area contributed by atoms with Gasteiger partial charge in [0.05, 0.1) is 5.02 Å². The molecule has 0 aromatic heterocycles. The Balaban J connectivity index is 2.55. The van der Waals surface area contributed by atoms with Crippen LogP contribution >= 0.6 is 11.6 Å². The summed E-state index contributed by atoms with van der Waals surface area (Å²) in [5.74, 6) is 0.765. The molecule has 19 heavy (non-hydrogen) atoms. The summed E-state index contributed by atoms with van der Waals surface area (Å²) in [6.45, 7) is 10.1. The molecule has 108 valence electrons. The predicted octanol–water partition coefficient (Wildman–Crippen LogP) is 3.34. The molecule has 1 unspecified atom stereocenters. The van der Waals surface area contributed by atoms with Gasteiger partial charge in [-0.05, 0) is 44.8 Å². The lowest BCUT2D eigenvalue weighted by Gasteiger charge is -2.18. The normalized spacial score (nSPS) is 12.7. The van der Waals surface area contributed by atoms with Gasteiger partial charge in [0.15, 0.2) is 0 Å². The first-order chi connectivity index (χ1) is 9.12. The highest BCUT2D eigenvalue weighted by Crippen LogP contribution is 2.27. The summed E-state index contributed by atoms with van der Waals surface area (Å²) in [5, 5.41) is 3.87. The van der Waals surface area contributed by atoms with Gasteiger partial charge in [0.1, 0.15) is 12.4 Å². The van der Waals surface area contributed by atoms with Crippen LogP contribution in [0.4, 0.5) is 0 Å². The first-order valence-corrected chi connectivity index (χ1v) is 7.32. The maximum atomic E-state index is 6.25. The van der Waals surface area contributed by atoms with Crippen molar-refractivity contribution in [2.24, 2.45) is 0 Å². The van der Waals surface area contributed by atoms with E-state index in [0.717, 1.165) is 25.4 Å². The lowest BCUT2D eigenvalue weighted by Crippen LogP contribution is -2.27. The highest BCUT2D eigenvalue weighted by Gasteiger charge is 2.08. The molecular weight excluding hydrogens is 260 g/mol. The lowest BCUT2D eigenvalue weighted by atomic mass is 10.1. The number of nitrogens with one attached hydrogen (secondary N) is 1. The molecule has 1 atom stereocenters. The molecule has 0 fully saturated rings. The monoisotopic (exact) mass is 284 g/mol. The van der Waals surface area contributed by atoms with Crippen LogP contribution in [0.25, 0.3) is 0 Å². The Labute approximate surface area is 121 Å². The van der Waals surface area contributed by atoms with E-state index in [1.165, 1.54) is 5.56 Å². The van der Waals surface area contributed by atoms with Crippen LogP contribution in [0.3, 0.4) is 0 Å². The number of rotatable bonds is 8. The summed E-state index contributed by atoms with van der Waals surface area (Å²) in [5.41, 5.74) is 1.17. The van der Waals surface area contributed by atoms with E-state index in [-0.39, 0.29) is 0 Å². The molecule has 0 bridgehead atoms. The molecule has 0 saturated carbocycles. The Morgan fingerprint density at radius 3 is 2.53 bits per heavy atom. The quantitative estimate of drug-likeness (QED) is 0.792. The maximum Gasteiger partial charge on any atom is 0.137 e. The summed E-state index contributed by atoms with van der Waals surface area (Å²) < 4.78 is 5.75. The zero-order valence-electron chi connectivity index (χ0n) is 12.4. The van der Waals surface area contributed by atoms with Gasteiger partial charge in [-0.25, -0.2) is 0 Å². The smallest absolute Gasteiger partial charge is 0.137 e. The Morgan fingerprint density at radius 1 is 1.32 bits per heavy atom. The Bertz CT molecular complexity index is 380. The van der Waals surface area contributed by atoms with E-state index >= 15 is 0 Å². The van der Waals surface area contributed by atoms with Crippen molar-refractivity contribution >= 4 is 11.6 Å². The van der Waals surface area contributed by atoms with Gasteiger partial charge in [-0.15, -0.1) is 0 Å². The molecule has 0 saturated heterocycles. The molecule has 0 radical (unpaired) electrons. The second kappa shape index (κ2) is 8.41. The van der Waals surface area contributed by atoms with Crippen molar-refractivity contribution in [3.63, 3.8) is 0 Å². The van der Waals surface area contributed by atoms with Gasteiger partial charge in [-0.3, -0.25) is 0 Å². The number of likely N-dealkylation sites (N-methyl/N-ethyl adjacent to an activating group) is 1. The number of nitrogens with zero attached hydrogens (tertiary/aromatic N) is 1. The van der Waals surface area contributed by atoms with Crippen molar-refractivity contribution in [2.75, 3.05) is 33.3 Å². The van der Waals surface area contributed by atoms with Gasteiger partial charge in [0.25, 0.3) is 0 Å². The fourth-order valence-corrected chi connectivity index (χ4v) is 2.14. The number of benzene rings is 1. The largest absolute Gasteiger partial charge is 0.491 e. The van der Waals surface area contributed by atoms with Gasteiger partial charge in [0, 0.05) is 12.6 Å². The average Bonchev–Trinajstić information content (AvgIpc) is 2.44. The number of hydrogen-bond donors (Lipinski definition) is 1. The topological polar surface area (TPSA) is 24.5 Å². The van der Waals surface area contributed by atoms with E-state index in [1.54, 1.807) is 0 Å². The molecule has 3 nitrogen and oxygen atoms in total. The SMILES string of the molecule is CCN(CC)CCOc1ccc(C(C)NC)cc1Cl. The van der Waals surface area contributed by atoms with Gasteiger partial charge in [-0.2, -0.15) is 0 Å². The van der Waals surface area contributed by atoms with Crippen molar-refractivity contribution in [1.29, 1.82) is 0 Å². The van der Waals surface area contributed by atoms with Crippen LogP contribution in [0.15, 0.2) is 18.2 Å². The molecule has 0 aliphatic heterocycles. The average molecular weight is 285 g/mol. The van der Waals surface area contributed by atoms with Gasteiger partial charge < -0.3 is 15.0 Å². The molecular formula is C15H25ClN2O. The van der Waals surface area contributed by atoms with Gasteiger partial charge in [0.2, 0.25) is 0 Å². The Hall–Kier alpha value is -0.770. The third-order valence-corrected chi connectivity index (χ3v) is 3.74. The minimum atomic E-state index is 0.294. The van der Waals surface area contributed by atoms with Crippen molar-refractivity contribution < 1.29 is 4.74 Å². The zero-order chi connectivity index (χ0) is 14.3. The summed E-state index contributed by atoms with van der Waals surface area (Å²) in [7, 11) is 1.94. The van der Waals surface area contributed by atoms with Crippen LogP contribution in [-0.4, -0.2) is 38.2 Å². The summed E-state index contributed by atoms with van der Waals surface area (Å²) in [6, 6.07) is 6.27. The van der Waals surface area contributed by atoms with E-state index < -0.39 is 0 Å². The molecule has 1 rings (SSSR count). The summed E-state index contributed by atoms with van der Waals surface area (Å²) in [4.78, 5) is 2.32. The molecule has 0 aliphatic carbocycles. The fourth-order valence-electron chi connectivity index (χ4n) is 1.89. The minimum absolute atomic E-state index is 0.294. The standard InChI is InChI=1S/C15H25ClN2O/c1-5-18(6-2)9-10-19-15-8-7-13(11-14(15)16)12(3)17-4/h7-8,11-12,17H,5-6,9-10H2,1-4H3. The predicted molar refractivity (Wildman–Crippen MR) is 82.2 cm³/mol. The van der Waals surface area contributed by atoms with Crippen molar-refractivity contribution in [3.8, 4) is 5.75 Å². The molecule has 4 heteroatoms. The number of hydrogen-bond acceptors (Lipinski definition) is 3. The van der Waals surface area contributed by atoms with E-state index in [2.05, 4.69) is 37.1 Å². The molecule has 1 aromatic carbocycles. The highest BCUT2D eigenvalue weighted by molar-refractivity contribution is 6.32. The summed E-state index contributed by atoms with van der Waals surface area (Å²) in [6.07, 6.45) is 0. The number of halogens is 1. The van der Waals surface area contributed by atoms with Crippen molar-refractivity contribution in [3.05, 3.63) is 28.8 Å². The first-order valence-electron chi connectivity index (χ1n) is 6.94. The molecule has 0 spiro atoms. The van der Waals surface area contributed by atoms with Crippen LogP contribution < -0.4 is 10.1 Å². The van der Waals surface area contributed by atoms with Crippen LogP contribution in [0, 0.1) is 0 Å². The van der Waals surface area contributed by atoms with Crippen molar-refractivity contribution in [2.45, 2.75) is 26.8 Å². The van der Waals surface area contributed by atoms with Gasteiger partial charge in [-0.1, -0.05) is 31.5 Å². The van der Waals surface area contributed by atoms with Gasteiger partial charge >= 0.3 is 0 Å². The lowest BCUT2D eigenvalue weighted by molar-refractivity contribution is 0.223. The minimum Gasteiger partial charge on any atom is -0.491 e. The van der Waals surface area contributed by atoms with E-state index in [1.807, 2.05) is 19.2 Å². The molecule has 1 N–H and O–H groups in total. The third kappa shape index (κ3) is 5.01. The van der Waals surface area contributed by atoms with E-state index in [4.69, 9.17) is 16.3 Å². The van der Waals surface area contributed by atoms with E-state index in [9.17, 15) is 0 Å². The Kier molecular flexibility index (Phi) is 7.21. The first kappa shape index (κ1) is 16.3. The summed E-state index contributed by atoms with van der Waals surface area (Å²) >= 11 is 6.25. The molecule has 0 heterocycles. The van der Waals surface area contributed by atoms with Crippen LogP contribution in [0.1, 0.15) is 32.4 Å². The van der Waals surface area contributed by atoms with Crippen molar-refractivity contribution in [1.82, 2.24) is 10.2 Å².